The van der Waals surface area contributed by atoms with Gasteiger partial charge in [0, 0.05) is 21.7 Å². The van der Waals surface area contributed by atoms with E-state index in [9.17, 15) is 14.7 Å². The van der Waals surface area contributed by atoms with Crippen molar-refractivity contribution >= 4 is 29.4 Å². The smallest absolute Gasteiger partial charge is 0.412 e. The van der Waals surface area contributed by atoms with Crippen molar-refractivity contribution in [3.05, 3.63) is 119 Å². The molecule has 8 heteroatoms. The van der Waals surface area contributed by atoms with Crippen LogP contribution in [0.5, 0.6) is 0 Å². The Balaban J connectivity index is 1.27. The number of aliphatic carboxylic acids is 1. The Hall–Kier alpha value is -4.88. The molecule has 5 aromatic rings. The molecule has 0 spiro atoms. The topological polar surface area (TPSA) is 102 Å². The lowest BCUT2D eigenvalue weighted by Gasteiger charge is -2.16. The van der Waals surface area contributed by atoms with E-state index in [-0.39, 0.29) is 0 Å². The maximum atomic E-state index is 13.1. The normalized spacial score (nSPS) is 14.1. The number of carbonyl (C=O) groups is 2. The summed E-state index contributed by atoms with van der Waals surface area (Å²) in [6, 6.07) is 32.0. The van der Waals surface area contributed by atoms with E-state index in [0.29, 0.717) is 46.1 Å². The number of hydrogen-bond acceptors (Lipinski definition) is 5. The van der Waals surface area contributed by atoms with Gasteiger partial charge in [0.05, 0.1) is 5.41 Å². The number of carboxylic acid groups (broad SMARTS) is 1. The van der Waals surface area contributed by atoms with Gasteiger partial charge < -0.3 is 14.4 Å². The van der Waals surface area contributed by atoms with E-state index in [4.69, 9.17) is 20.9 Å². The highest BCUT2D eigenvalue weighted by Gasteiger charge is 2.51. The lowest BCUT2D eigenvalue weighted by Crippen LogP contribution is -2.19. The zero-order chi connectivity index (χ0) is 29.3. The van der Waals surface area contributed by atoms with Crippen LogP contribution in [0.25, 0.3) is 33.7 Å². The average Bonchev–Trinajstić information content (AvgIpc) is 3.73. The predicted molar refractivity (Wildman–Crippen MR) is 161 cm³/mol. The molecular weight excluding hydrogens is 552 g/mol. The van der Waals surface area contributed by atoms with Crippen molar-refractivity contribution in [2.45, 2.75) is 31.3 Å². The number of nitrogens with zero attached hydrogens (tertiary/aromatic N) is 1. The Labute approximate surface area is 247 Å². The van der Waals surface area contributed by atoms with Gasteiger partial charge in [-0.05, 0) is 42.5 Å². The third-order valence-electron chi connectivity index (χ3n) is 7.67. The second-order valence-corrected chi connectivity index (χ2v) is 10.7. The lowest BCUT2D eigenvalue weighted by molar-refractivity contribution is -0.140. The van der Waals surface area contributed by atoms with Crippen molar-refractivity contribution in [3.63, 3.8) is 0 Å². The van der Waals surface area contributed by atoms with E-state index in [1.807, 2.05) is 97.1 Å². The second-order valence-electron chi connectivity index (χ2n) is 10.3. The largest absolute Gasteiger partial charge is 0.481 e. The zero-order valence-electron chi connectivity index (χ0n) is 22.7. The Morgan fingerprint density at radius 1 is 0.857 bits per heavy atom. The minimum absolute atomic E-state index is 0.384. The van der Waals surface area contributed by atoms with Crippen LogP contribution in [-0.2, 0) is 14.9 Å². The standard InChI is InChI=1S/C34H27ClN2O5/c1-21(27-9-5-6-10-28(27)35)41-33(40)36-30-29(24-7-3-2-4-8-24)37-42-31(30)25-13-11-22(12-14-25)23-15-17-26(18-16-23)34(19-20-34)32(38)39/h2-18,21H,19-20H2,1H3,(H,36,40)(H,38,39)/t21-/m1/s1. The second kappa shape index (κ2) is 11.2. The van der Waals surface area contributed by atoms with Gasteiger partial charge in [0.15, 0.2) is 5.76 Å². The maximum Gasteiger partial charge on any atom is 0.412 e. The molecule has 4 aromatic carbocycles. The first-order valence-electron chi connectivity index (χ1n) is 13.6. The fraction of sp³-hybridized carbons (Fsp3) is 0.147. The maximum absolute atomic E-state index is 13.1. The molecule has 0 radical (unpaired) electrons. The number of benzene rings is 4. The third-order valence-corrected chi connectivity index (χ3v) is 8.01. The van der Waals surface area contributed by atoms with Gasteiger partial charge in [-0.1, -0.05) is 114 Å². The number of hydrogen-bond donors (Lipinski definition) is 2. The minimum atomic E-state index is -0.770. The van der Waals surface area contributed by atoms with Crippen LogP contribution in [0.2, 0.25) is 5.02 Å². The van der Waals surface area contributed by atoms with E-state index in [1.54, 1.807) is 13.0 Å². The number of halogens is 1. The van der Waals surface area contributed by atoms with Gasteiger partial charge in [-0.15, -0.1) is 0 Å². The van der Waals surface area contributed by atoms with Crippen LogP contribution in [0.3, 0.4) is 0 Å². The van der Waals surface area contributed by atoms with Gasteiger partial charge in [0.2, 0.25) is 0 Å². The number of nitrogens with one attached hydrogen (secondary N) is 1. The predicted octanol–water partition coefficient (Wildman–Crippen LogP) is 8.75. The molecule has 0 saturated heterocycles. The summed E-state index contributed by atoms with van der Waals surface area (Å²) in [4.78, 5) is 24.7. The van der Waals surface area contributed by atoms with Gasteiger partial charge in [-0.25, -0.2) is 4.79 Å². The fourth-order valence-corrected chi connectivity index (χ4v) is 5.39. The monoisotopic (exact) mass is 578 g/mol. The zero-order valence-corrected chi connectivity index (χ0v) is 23.5. The highest BCUT2D eigenvalue weighted by Crippen LogP contribution is 2.48. The molecule has 1 amide bonds. The molecule has 1 heterocycles. The van der Waals surface area contributed by atoms with Gasteiger partial charge in [0.1, 0.15) is 17.5 Å². The van der Waals surface area contributed by atoms with Crippen LogP contribution >= 0.6 is 11.6 Å². The fourth-order valence-electron chi connectivity index (χ4n) is 5.10. The Bertz CT molecular complexity index is 1740. The SMILES string of the molecule is C[C@@H](OC(=O)Nc1c(-c2ccccc2)noc1-c1ccc(-c2ccc(C3(C(=O)O)CC3)cc2)cc1)c1ccccc1Cl. The molecule has 1 aliphatic carbocycles. The summed E-state index contributed by atoms with van der Waals surface area (Å²) in [7, 11) is 0. The average molecular weight is 579 g/mol. The third kappa shape index (κ3) is 5.27. The van der Waals surface area contributed by atoms with E-state index in [0.717, 1.165) is 22.3 Å². The number of carbonyl (C=O) groups excluding carboxylic acids is 1. The summed E-state index contributed by atoms with van der Waals surface area (Å²) in [6.07, 6.45) is 0.0802. The molecular formula is C34H27ClN2O5. The van der Waals surface area contributed by atoms with E-state index >= 15 is 0 Å². The van der Waals surface area contributed by atoms with E-state index < -0.39 is 23.6 Å². The molecule has 7 nitrogen and oxygen atoms in total. The summed E-state index contributed by atoms with van der Waals surface area (Å²) >= 11 is 6.30. The van der Waals surface area contributed by atoms with Crippen molar-refractivity contribution in [2.24, 2.45) is 0 Å². The number of anilines is 1. The Morgan fingerprint density at radius 3 is 2.07 bits per heavy atom. The molecule has 0 unspecified atom stereocenters. The van der Waals surface area contributed by atoms with Crippen LogP contribution in [0.4, 0.5) is 10.5 Å². The number of ether oxygens (including phenoxy) is 1. The lowest BCUT2D eigenvalue weighted by atomic mass is 9.93. The van der Waals surface area contributed by atoms with Crippen LogP contribution in [-0.4, -0.2) is 22.3 Å². The molecule has 1 atom stereocenters. The minimum Gasteiger partial charge on any atom is -0.481 e. The van der Waals surface area contributed by atoms with Crippen molar-refractivity contribution in [3.8, 4) is 33.7 Å². The molecule has 1 aliphatic rings. The summed E-state index contributed by atoms with van der Waals surface area (Å²) in [6.45, 7) is 1.75. The Morgan fingerprint density at radius 2 is 1.45 bits per heavy atom. The van der Waals surface area contributed by atoms with Crippen LogP contribution in [0.15, 0.2) is 108 Å². The van der Waals surface area contributed by atoms with Crippen LogP contribution in [0, 0.1) is 0 Å². The molecule has 1 aromatic heterocycles. The number of rotatable bonds is 8. The molecule has 0 aliphatic heterocycles. The van der Waals surface area contributed by atoms with Gasteiger partial charge in [-0.3, -0.25) is 10.1 Å². The molecule has 1 saturated carbocycles. The molecule has 2 N–H and O–H groups in total. The van der Waals surface area contributed by atoms with E-state index in [1.165, 1.54) is 0 Å². The first-order chi connectivity index (χ1) is 20.4. The van der Waals surface area contributed by atoms with Crippen molar-refractivity contribution in [2.75, 3.05) is 5.32 Å². The van der Waals surface area contributed by atoms with Crippen LogP contribution in [0.1, 0.15) is 37.0 Å². The number of amides is 1. The molecule has 6 rings (SSSR count). The van der Waals surface area contributed by atoms with Crippen molar-refractivity contribution in [1.29, 1.82) is 0 Å². The molecule has 0 bridgehead atoms. The van der Waals surface area contributed by atoms with Gasteiger partial charge >= 0.3 is 12.1 Å². The quantitative estimate of drug-likeness (QED) is 0.191. The first kappa shape index (κ1) is 27.3. The number of aromatic nitrogens is 1. The summed E-state index contributed by atoms with van der Waals surface area (Å²) in [5.74, 6) is -0.386. The Kier molecular flexibility index (Phi) is 7.27. The summed E-state index contributed by atoms with van der Waals surface area (Å²) in [5.41, 5.74) is 5.05. The van der Waals surface area contributed by atoms with E-state index in [2.05, 4.69) is 10.5 Å². The summed E-state index contributed by atoms with van der Waals surface area (Å²) < 4.78 is 11.4. The molecule has 42 heavy (non-hydrogen) atoms. The van der Waals surface area contributed by atoms with Gasteiger partial charge in [-0.2, -0.15) is 0 Å². The number of carboxylic acids is 1. The summed E-state index contributed by atoms with van der Waals surface area (Å²) in [5, 5.41) is 17.2. The molecule has 1 fully saturated rings. The highest BCUT2D eigenvalue weighted by atomic mass is 35.5. The van der Waals surface area contributed by atoms with Gasteiger partial charge in [0.25, 0.3) is 0 Å². The first-order valence-corrected chi connectivity index (χ1v) is 14.0. The highest BCUT2D eigenvalue weighted by molar-refractivity contribution is 6.31. The van der Waals surface area contributed by atoms with Crippen LogP contribution < -0.4 is 5.32 Å². The van der Waals surface area contributed by atoms with Crippen molar-refractivity contribution < 1.29 is 24.0 Å². The molecule has 210 valence electrons. The van der Waals surface area contributed by atoms with Crippen molar-refractivity contribution in [1.82, 2.24) is 5.16 Å².